The maximum Gasteiger partial charge on any atom is 0.225 e. The molecule has 0 aliphatic carbocycles. The molecule has 5 nitrogen and oxygen atoms in total. The topological polar surface area (TPSA) is 62.6 Å². The number of hydrogen-bond acceptors (Lipinski definition) is 4. The molecule has 0 saturated heterocycles. The van der Waals surface area contributed by atoms with Crippen LogP contribution in [0.4, 0.5) is 0 Å². The van der Waals surface area contributed by atoms with E-state index in [1.165, 1.54) is 0 Å². The largest absolute Gasteiger partial charge is 0.493 e. The third-order valence-electron chi connectivity index (χ3n) is 2.78. The SMILES string of the molecule is COCc1cccc(OCCC(=O)N(C)CCC#N)c1. The van der Waals surface area contributed by atoms with Gasteiger partial charge in [0, 0.05) is 20.7 Å². The van der Waals surface area contributed by atoms with E-state index in [2.05, 4.69) is 0 Å². The molecule has 20 heavy (non-hydrogen) atoms. The van der Waals surface area contributed by atoms with Gasteiger partial charge in [-0.05, 0) is 17.7 Å². The van der Waals surface area contributed by atoms with Gasteiger partial charge < -0.3 is 14.4 Å². The normalized spacial score (nSPS) is 9.85. The monoisotopic (exact) mass is 276 g/mol. The Labute approximate surface area is 119 Å². The Hall–Kier alpha value is -2.06. The Balaban J connectivity index is 2.35. The molecule has 0 N–H and O–H groups in total. The van der Waals surface area contributed by atoms with E-state index >= 15 is 0 Å². The first kappa shape index (κ1) is 16.0. The van der Waals surface area contributed by atoms with Gasteiger partial charge in [-0.2, -0.15) is 5.26 Å². The molecule has 0 aromatic heterocycles. The minimum atomic E-state index is -0.0201. The Morgan fingerprint density at radius 3 is 2.95 bits per heavy atom. The summed E-state index contributed by atoms with van der Waals surface area (Å²) in [6.45, 7) is 1.32. The van der Waals surface area contributed by atoms with Crippen LogP contribution in [-0.2, 0) is 16.1 Å². The predicted octanol–water partition coefficient (Wildman–Crippen LogP) is 1.97. The third-order valence-corrected chi connectivity index (χ3v) is 2.78. The molecule has 5 heteroatoms. The molecule has 1 amide bonds. The van der Waals surface area contributed by atoms with Crippen molar-refractivity contribution in [1.29, 1.82) is 5.26 Å². The summed E-state index contributed by atoms with van der Waals surface area (Å²) in [6.07, 6.45) is 0.651. The van der Waals surface area contributed by atoms with Crippen molar-refractivity contribution in [2.75, 3.05) is 27.3 Å². The summed E-state index contributed by atoms with van der Waals surface area (Å²) in [4.78, 5) is 13.3. The Morgan fingerprint density at radius 2 is 2.25 bits per heavy atom. The molecule has 0 radical (unpaired) electrons. The number of hydrogen-bond donors (Lipinski definition) is 0. The van der Waals surface area contributed by atoms with Crippen LogP contribution in [0.3, 0.4) is 0 Å². The number of ether oxygens (including phenoxy) is 2. The van der Waals surface area contributed by atoms with Crippen LogP contribution in [0.1, 0.15) is 18.4 Å². The number of benzene rings is 1. The van der Waals surface area contributed by atoms with E-state index in [1.807, 2.05) is 30.3 Å². The highest BCUT2D eigenvalue weighted by Crippen LogP contribution is 2.14. The zero-order chi connectivity index (χ0) is 14.8. The van der Waals surface area contributed by atoms with E-state index in [4.69, 9.17) is 14.7 Å². The highest BCUT2D eigenvalue weighted by molar-refractivity contribution is 5.75. The number of amides is 1. The average Bonchev–Trinajstić information content (AvgIpc) is 2.45. The van der Waals surface area contributed by atoms with E-state index in [-0.39, 0.29) is 5.91 Å². The molecule has 1 aromatic rings. The summed E-state index contributed by atoms with van der Waals surface area (Å²) in [7, 11) is 3.34. The summed E-state index contributed by atoms with van der Waals surface area (Å²) in [5.74, 6) is 0.709. The molecule has 0 unspecified atom stereocenters. The molecule has 0 atom stereocenters. The molecule has 0 saturated carbocycles. The fraction of sp³-hybridized carbons (Fsp3) is 0.467. The molecule has 1 aromatic carbocycles. The van der Waals surface area contributed by atoms with Crippen LogP contribution in [0.2, 0.25) is 0 Å². The smallest absolute Gasteiger partial charge is 0.225 e. The summed E-state index contributed by atoms with van der Waals surface area (Å²) in [5, 5.41) is 8.47. The molecule has 0 heterocycles. The van der Waals surface area contributed by atoms with Crippen molar-refractivity contribution in [3.05, 3.63) is 29.8 Å². The quantitative estimate of drug-likeness (QED) is 0.728. The lowest BCUT2D eigenvalue weighted by molar-refractivity contribution is -0.130. The van der Waals surface area contributed by atoms with E-state index in [0.717, 1.165) is 11.3 Å². The maximum absolute atomic E-state index is 11.7. The molecule has 108 valence electrons. The highest BCUT2D eigenvalue weighted by Gasteiger charge is 2.08. The van der Waals surface area contributed by atoms with Crippen molar-refractivity contribution >= 4 is 5.91 Å². The van der Waals surface area contributed by atoms with Crippen molar-refractivity contribution in [3.8, 4) is 11.8 Å². The first-order valence-corrected chi connectivity index (χ1v) is 6.49. The minimum Gasteiger partial charge on any atom is -0.493 e. The summed E-state index contributed by atoms with van der Waals surface area (Å²) < 4.78 is 10.6. The molecule has 0 aliphatic heterocycles. The number of nitriles is 1. The van der Waals surface area contributed by atoms with E-state index in [1.54, 1.807) is 19.1 Å². The third kappa shape index (κ3) is 5.72. The van der Waals surface area contributed by atoms with Gasteiger partial charge in [0.25, 0.3) is 0 Å². The predicted molar refractivity (Wildman–Crippen MR) is 75.1 cm³/mol. The van der Waals surface area contributed by atoms with Gasteiger partial charge in [0.1, 0.15) is 5.75 Å². The Kier molecular flexibility index (Phi) is 7.15. The molecular weight excluding hydrogens is 256 g/mol. The molecule has 0 aliphatic rings. The van der Waals surface area contributed by atoms with Gasteiger partial charge >= 0.3 is 0 Å². The lowest BCUT2D eigenvalue weighted by Gasteiger charge is -2.15. The second-order valence-corrected chi connectivity index (χ2v) is 4.40. The first-order chi connectivity index (χ1) is 9.67. The van der Waals surface area contributed by atoms with Crippen LogP contribution in [-0.4, -0.2) is 38.1 Å². The first-order valence-electron chi connectivity index (χ1n) is 6.49. The van der Waals surface area contributed by atoms with Crippen LogP contribution in [0.15, 0.2) is 24.3 Å². The van der Waals surface area contributed by atoms with Crippen molar-refractivity contribution in [1.82, 2.24) is 4.90 Å². The summed E-state index contributed by atoms with van der Waals surface area (Å²) >= 11 is 0. The van der Waals surface area contributed by atoms with E-state index in [9.17, 15) is 4.79 Å². The highest BCUT2D eigenvalue weighted by atomic mass is 16.5. The summed E-state index contributed by atoms with van der Waals surface area (Å²) in [6, 6.07) is 9.61. The molecular formula is C15H20N2O3. The van der Waals surface area contributed by atoms with Crippen LogP contribution >= 0.6 is 0 Å². The zero-order valence-corrected chi connectivity index (χ0v) is 12.0. The molecule has 1 rings (SSSR count). The molecule has 0 fully saturated rings. The number of rotatable bonds is 8. The van der Waals surface area contributed by atoms with Gasteiger partial charge in [-0.25, -0.2) is 0 Å². The summed E-state index contributed by atoms with van der Waals surface area (Å²) in [5.41, 5.74) is 1.03. The van der Waals surface area contributed by atoms with Crippen LogP contribution < -0.4 is 4.74 Å². The number of nitrogens with zero attached hydrogens (tertiary/aromatic N) is 2. The standard InChI is InChI=1S/C15H20N2O3/c1-17(9-4-8-16)15(18)7-10-20-14-6-3-5-13(11-14)12-19-2/h3,5-6,11H,4,7,9-10,12H2,1-2H3. The second kappa shape index (κ2) is 8.94. The van der Waals surface area contributed by atoms with Gasteiger partial charge in [-0.3, -0.25) is 4.79 Å². The fourth-order valence-corrected chi connectivity index (χ4v) is 1.68. The van der Waals surface area contributed by atoms with Crippen molar-refractivity contribution in [2.24, 2.45) is 0 Å². The van der Waals surface area contributed by atoms with Gasteiger partial charge in [0.15, 0.2) is 0 Å². The van der Waals surface area contributed by atoms with E-state index in [0.29, 0.717) is 32.6 Å². The average molecular weight is 276 g/mol. The number of carbonyl (C=O) groups is 1. The van der Waals surface area contributed by atoms with Gasteiger partial charge in [0.2, 0.25) is 5.91 Å². The minimum absolute atomic E-state index is 0.0201. The van der Waals surface area contributed by atoms with Crippen LogP contribution in [0.25, 0.3) is 0 Å². The van der Waals surface area contributed by atoms with Crippen LogP contribution in [0, 0.1) is 11.3 Å². The maximum atomic E-state index is 11.7. The Bertz CT molecular complexity index is 468. The number of methoxy groups -OCH3 is 1. The second-order valence-electron chi connectivity index (χ2n) is 4.40. The van der Waals surface area contributed by atoms with Crippen LogP contribution in [0.5, 0.6) is 5.75 Å². The number of carbonyl (C=O) groups excluding carboxylic acids is 1. The van der Waals surface area contributed by atoms with Crippen molar-refractivity contribution in [3.63, 3.8) is 0 Å². The lowest BCUT2D eigenvalue weighted by atomic mass is 10.2. The molecule has 0 spiro atoms. The Morgan fingerprint density at radius 1 is 1.45 bits per heavy atom. The lowest BCUT2D eigenvalue weighted by Crippen LogP contribution is -2.28. The van der Waals surface area contributed by atoms with Gasteiger partial charge in [0.05, 0.1) is 32.1 Å². The van der Waals surface area contributed by atoms with Gasteiger partial charge in [-0.1, -0.05) is 12.1 Å². The van der Waals surface area contributed by atoms with Crippen molar-refractivity contribution < 1.29 is 14.3 Å². The fourth-order valence-electron chi connectivity index (χ4n) is 1.68. The van der Waals surface area contributed by atoms with Gasteiger partial charge in [-0.15, -0.1) is 0 Å². The molecule has 0 bridgehead atoms. The van der Waals surface area contributed by atoms with E-state index < -0.39 is 0 Å². The zero-order valence-electron chi connectivity index (χ0n) is 12.0. The van der Waals surface area contributed by atoms with Crippen molar-refractivity contribution in [2.45, 2.75) is 19.4 Å².